The van der Waals surface area contributed by atoms with Crippen LogP contribution >= 0.6 is 0 Å². The van der Waals surface area contributed by atoms with Crippen molar-refractivity contribution in [1.82, 2.24) is 0 Å². The first-order valence-electron chi connectivity index (χ1n) is 5.30. The molecule has 2 heteroatoms. The van der Waals surface area contributed by atoms with Gasteiger partial charge in [-0.25, -0.2) is 0 Å². The van der Waals surface area contributed by atoms with E-state index in [9.17, 15) is 0 Å². The quantitative estimate of drug-likeness (QED) is 0.304. The molecule has 0 heterocycles. The predicted molar refractivity (Wildman–Crippen MR) is 60.3 cm³/mol. The Labute approximate surface area is 87.6 Å². The lowest BCUT2D eigenvalue weighted by atomic mass is 10.2. The first-order valence-corrected chi connectivity index (χ1v) is 5.30. The molecule has 0 saturated carbocycles. The highest BCUT2D eigenvalue weighted by Gasteiger charge is 1.94. The van der Waals surface area contributed by atoms with E-state index in [-0.39, 0.29) is 0 Å². The number of hydrogen-bond donors (Lipinski definition) is 0. The summed E-state index contributed by atoms with van der Waals surface area (Å²) in [6.45, 7) is 11.3. The molecule has 0 aromatic rings. The molecular formula is C12H22O2. The van der Waals surface area contributed by atoms with Gasteiger partial charge in [-0.3, -0.25) is 0 Å². The van der Waals surface area contributed by atoms with Crippen LogP contribution in [0.4, 0.5) is 0 Å². The Bertz CT molecular complexity index is 152. The summed E-state index contributed by atoms with van der Waals surface area (Å²) in [5.41, 5.74) is 0. The van der Waals surface area contributed by atoms with Crippen LogP contribution < -0.4 is 0 Å². The van der Waals surface area contributed by atoms with Crippen LogP contribution in [0.2, 0.25) is 0 Å². The number of hydrogen-bond acceptors (Lipinski definition) is 2. The minimum Gasteiger partial charge on any atom is -0.496 e. The van der Waals surface area contributed by atoms with E-state index in [2.05, 4.69) is 20.1 Å². The molecule has 0 aliphatic heterocycles. The Kier molecular flexibility index (Phi) is 9.76. The fourth-order valence-electron chi connectivity index (χ4n) is 1.04. The lowest BCUT2D eigenvalue weighted by molar-refractivity contribution is 0.113. The van der Waals surface area contributed by atoms with E-state index in [4.69, 9.17) is 9.47 Å². The van der Waals surface area contributed by atoms with Crippen molar-refractivity contribution in [3.05, 3.63) is 25.0 Å². The summed E-state index contributed by atoms with van der Waals surface area (Å²) in [4.78, 5) is 0. The summed E-state index contributed by atoms with van der Waals surface area (Å²) in [6, 6.07) is 0. The largest absolute Gasteiger partial charge is 0.496 e. The molecule has 2 nitrogen and oxygen atoms in total. The fourth-order valence-corrected chi connectivity index (χ4v) is 1.04. The van der Waals surface area contributed by atoms with E-state index in [1.165, 1.54) is 19.3 Å². The molecule has 0 spiro atoms. The first-order chi connectivity index (χ1) is 6.81. The van der Waals surface area contributed by atoms with Gasteiger partial charge in [-0.2, -0.15) is 0 Å². The predicted octanol–water partition coefficient (Wildman–Crippen LogP) is 3.30. The van der Waals surface area contributed by atoms with Gasteiger partial charge >= 0.3 is 0 Å². The topological polar surface area (TPSA) is 18.5 Å². The van der Waals surface area contributed by atoms with Crippen molar-refractivity contribution in [3.8, 4) is 0 Å². The summed E-state index contributed by atoms with van der Waals surface area (Å²) in [5.74, 6) is 0.711. The van der Waals surface area contributed by atoms with Gasteiger partial charge in [0.2, 0.25) is 0 Å². The van der Waals surface area contributed by atoms with Gasteiger partial charge in [0.25, 0.3) is 0 Å². The number of ether oxygens (including phenoxy) is 2. The minimum absolute atomic E-state index is 0.472. The molecule has 0 fully saturated rings. The molecule has 0 bridgehead atoms. The van der Waals surface area contributed by atoms with E-state index in [0.29, 0.717) is 19.0 Å². The maximum atomic E-state index is 5.38. The lowest BCUT2D eigenvalue weighted by Crippen LogP contribution is -2.02. The molecule has 82 valence electrons. The van der Waals surface area contributed by atoms with Crippen LogP contribution in [0.15, 0.2) is 25.0 Å². The Hall–Kier alpha value is -0.760. The third-order valence-corrected chi connectivity index (χ3v) is 1.80. The van der Waals surface area contributed by atoms with Crippen molar-refractivity contribution < 1.29 is 9.47 Å². The third kappa shape index (κ3) is 9.33. The summed E-state index contributed by atoms with van der Waals surface area (Å²) >= 11 is 0. The second-order valence-electron chi connectivity index (χ2n) is 3.25. The van der Waals surface area contributed by atoms with Crippen molar-refractivity contribution in [2.45, 2.75) is 32.6 Å². The highest BCUT2D eigenvalue weighted by Crippen LogP contribution is 2.02. The van der Waals surface area contributed by atoms with Gasteiger partial charge in [-0.1, -0.05) is 38.8 Å². The van der Waals surface area contributed by atoms with Gasteiger partial charge in [-0.05, 0) is 6.42 Å². The highest BCUT2D eigenvalue weighted by atomic mass is 16.5. The van der Waals surface area contributed by atoms with Gasteiger partial charge < -0.3 is 9.47 Å². The van der Waals surface area contributed by atoms with Gasteiger partial charge in [0.1, 0.15) is 12.4 Å². The summed E-state index contributed by atoms with van der Waals surface area (Å²) in [6.07, 6.45) is 6.59. The second kappa shape index (κ2) is 10.3. The van der Waals surface area contributed by atoms with Crippen LogP contribution in [0.3, 0.4) is 0 Å². The van der Waals surface area contributed by atoms with Crippen LogP contribution in [0.25, 0.3) is 0 Å². The second-order valence-corrected chi connectivity index (χ2v) is 3.25. The standard InChI is InChI=1S/C12H22O2/c1-4-6-7-8-10-14-12(3)11-13-9-5-2/h5H,2-4,6-11H2,1H3. The summed E-state index contributed by atoms with van der Waals surface area (Å²) < 4.78 is 10.6. The van der Waals surface area contributed by atoms with E-state index in [0.717, 1.165) is 13.0 Å². The van der Waals surface area contributed by atoms with Crippen molar-refractivity contribution in [2.75, 3.05) is 19.8 Å². The SMILES string of the molecule is C=CCOCC(=C)OCCCCCC. The molecule has 0 amide bonds. The average molecular weight is 198 g/mol. The van der Waals surface area contributed by atoms with Crippen molar-refractivity contribution >= 4 is 0 Å². The molecule has 0 saturated heterocycles. The van der Waals surface area contributed by atoms with E-state index in [1.54, 1.807) is 6.08 Å². The van der Waals surface area contributed by atoms with E-state index in [1.807, 2.05) is 0 Å². The van der Waals surface area contributed by atoms with Gasteiger partial charge in [0, 0.05) is 0 Å². The molecule has 0 rings (SSSR count). The van der Waals surface area contributed by atoms with E-state index < -0.39 is 0 Å². The van der Waals surface area contributed by atoms with Gasteiger partial charge in [0.15, 0.2) is 0 Å². The fraction of sp³-hybridized carbons (Fsp3) is 0.667. The zero-order valence-corrected chi connectivity index (χ0v) is 9.26. The minimum atomic E-state index is 0.472. The molecular weight excluding hydrogens is 176 g/mol. The van der Waals surface area contributed by atoms with Crippen LogP contribution in [0.5, 0.6) is 0 Å². The normalized spacial score (nSPS) is 9.79. The third-order valence-electron chi connectivity index (χ3n) is 1.80. The molecule has 0 aromatic carbocycles. The van der Waals surface area contributed by atoms with E-state index >= 15 is 0 Å². The molecule has 14 heavy (non-hydrogen) atoms. The Morgan fingerprint density at radius 3 is 2.71 bits per heavy atom. The summed E-state index contributed by atoms with van der Waals surface area (Å²) in [7, 11) is 0. The zero-order valence-electron chi connectivity index (χ0n) is 9.26. The highest BCUT2D eigenvalue weighted by molar-refractivity contribution is 4.82. The van der Waals surface area contributed by atoms with Crippen LogP contribution in [0, 0.1) is 0 Å². The molecule has 0 N–H and O–H groups in total. The Morgan fingerprint density at radius 2 is 2.07 bits per heavy atom. The van der Waals surface area contributed by atoms with Crippen LogP contribution in [-0.2, 0) is 9.47 Å². The van der Waals surface area contributed by atoms with Gasteiger partial charge in [-0.15, -0.1) is 6.58 Å². The van der Waals surface area contributed by atoms with Crippen molar-refractivity contribution in [2.24, 2.45) is 0 Å². The molecule has 0 aliphatic carbocycles. The lowest BCUT2D eigenvalue weighted by Gasteiger charge is -2.08. The molecule has 0 radical (unpaired) electrons. The Balaban J connectivity index is 3.14. The van der Waals surface area contributed by atoms with Gasteiger partial charge in [0.05, 0.1) is 13.2 Å². The van der Waals surface area contributed by atoms with Crippen LogP contribution in [0.1, 0.15) is 32.6 Å². The maximum absolute atomic E-state index is 5.38. The molecule has 0 unspecified atom stereocenters. The first kappa shape index (κ1) is 13.2. The van der Waals surface area contributed by atoms with Crippen molar-refractivity contribution in [3.63, 3.8) is 0 Å². The number of rotatable bonds is 10. The zero-order chi connectivity index (χ0) is 10.6. The monoisotopic (exact) mass is 198 g/mol. The number of unbranched alkanes of at least 4 members (excludes halogenated alkanes) is 3. The smallest absolute Gasteiger partial charge is 0.114 e. The molecule has 0 aromatic heterocycles. The van der Waals surface area contributed by atoms with Crippen LogP contribution in [-0.4, -0.2) is 19.8 Å². The average Bonchev–Trinajstić information content (AvgIpc) is 2.18. The summed E-state index contributed by atoms with van der Waals surface area (Å²) in [5, 5.41) is 0. The van der Waals surface area contributed by atoms with Crippen molar-refractivity contribution in [1.29, 1.82) is 0 Å². The Morgan fingerprint density at radius 1 is 1.29 bits per heavy atom. The maximum Gasteiger partial charge on any atom is 0.114 e. The molecule has 0 atom stereocenters. The molecule has 0 aliphatic rings.